The molecule has 0 aliphatic rings. The lowest BCUT2D eigenvalue weighted by atomic mass is 9.87. The van der Waals surface area contributed by atoms with E-state index in [1.807, 2.05) is 29.0 Å². The van der Waals surface area contributed by atoms with E-state index in [0.29, 0.717) is 11.4 Å². The number of fused-ring (bicyclic) bond motifs is 3. The van der Waals surface area contributed by atoms with E-state index >= 15 is 0 Å². The molecule has 228 valence electrons. The maximum atomic E-state index is 6.26. The quantitative estimate of drug-likeness (QED) is 0.0973. The summed E-state index contributed by atoms with van der Waals surface area (Å²) in [6, 6.07) is 30.9. The Labute approximate surface area is 278 Å². The zero-order valence-corrected chi connectivity index (χ0v) is 27.1. The highest BCUT2D eigenvalue weighted by molar-refractivity contribution is 8.02. The topological polar surface area (TPSA) is 91.0 Å². The molecule has 0 aliphatic heterocycles. The van der Waals surface area contributed by atoms with Crippen molar-refractivity contribution in [3.8, 4) is 11.1 Å². The molecule has 0 aliphatic carbocycles. The van der Waals surface area contributed by atoms with E-state index in [1.165, 1.54) is 60.8 Å². The van der Waals surface area contributed by atoms with Crippen molar-refractivity contribution >= 4 is 61.1 Å². The van der Waals surface area contributed by atoms with Crippen molar-refractivity contribution in [2.45, 2.75) is 12.8 Å². The molecule has 5 aromatic carbocycles. The number of hydrogen-bond donors (Lipinski definition) is 3. The van der Waals surface area contributed by atoms with Gasteiger partial charge in [-0.05, 0) is 97.1 Å². The third-order valence-corrected chi connectivity index (χ3v) is 9.61. The molecule has 4 nitrogen and oxygen atoms in total. The number of nitrogens with zero attached hydrogens (tertiary/aromatic N) is 1. The molecule has 0 atom stereocenters. The lowest BCUT2D eigenvalue weighted by molar-refractivity contribution is 1.29. The predicted octanol–water partition coefficient (Wildman–Crippen LogP) is 9.47. The number of thiazole rings is 1. The third-order valence-electron chi connectivity index (χ3n) is 7.94. The number of aromatic nitrogens is 1. The third kappa shape index (κ3) is 7.09. The first-order valence-electron chi connectivity index (χ1n) is 15.2. The number of rotatable bonds is 11. The molecule has 0 bridgehead atoms. The van der Waals surface area contributed by atoms with E-state index in [2.05, 4.69) is 108 Å². The molecule has 6 N–H and O–H groups in total. The summed E-state index contributed by atoms with van der Waals surface area (Å²) >= 11 is 3.12. The van der Waals surface area contributed by atoms with Crippen LogP contribution in [-0.4, -0.2) is 10.7 Å². The highest BCUT2D eigenvalue weighted by Crippen LogP contribution is 2.37. The van der Waals surface area contributed by atoms with Gasteiger partial charge in [-0.1, -0.05) is 97.1 Å². The van der Waals surface area contributed by atoms with Crippen LogP contribution in [0, 0.1) is 0 Å². The monoisotopic (exact) mass is 636 g/mol. The zero-order chi connectivity index (χ0) is 31.7. The smallest absolute Gasteiger partial charge is 0.139 e. The Morgan fingerprint density at radius 2 is 1.37 bits per heavy atom. The van der Waals surface area contributed by atoms with Crippen LogP contribution >= 0.6 is 23.1 Å². The molecule has 0 unspecified atom stereocenters. The van der Waals surface area contributed by atoms with Crippen LogP contribution in [0.25, 0.3) is 49.1 Å². The minimum Gasteiger partial charge on any atom is -0.404 e. The van der Waals surface area contributed by atoms with Gasteiger partial charge in [-0.3, -0.25) is 0 Å². The maximum absolute atomic E-state index is 6.26. The SMILES string of the molecule is N/C=C\SC/C(N)=C/C=C\Cc1c2ccccc2c(C/C=C\C=C(/N)c2nccs2)c2ccc(-c3ccc4ccccc4c3)cc12. The standard InChI is InChI=1S/C40H36N4S2/c41-21-23-45-27-32(42)11-3-4-15-36-34-13-6-5-12-33(34)35(14-7-8-16-39(43)40-44-22-24-46-40)37-20-19-31(26-38(36)37)30-18-17-28-9-1-2-10-29(28)25-30/h1-13,16-26H,14-15,27,41-43H2/b4-3-,8-7-,23-21-,32-11-,39-16-. The van der Waals surface area contributed by atoms with Gasteiger partial charge < -0.3 is 17.2 Å². The van der Waals surface area contributed by atoms with Crippen molar-refractivity contribution in [3.05, 3.63) is 166 Å². The largest absolute Gasteiger partial charge is 0.404 e. The van der Waals surface area contributed by atoms with Crippen LogP contribution in [0.15, 0.2) is 150 Å². The van der Waals surface area contributed by atoms with Crippen LogP contribution in [0.1, 0.15) is 16.1 Å². The summed E-state index contributed by atoms with van der Waals surface area (Å²) < 4.78 is 0. The van der Waals surface area contributed by atoms with Gasteiger partial charge >= 0.3 is 0 Å². The molecular formula is C40H36N4S2. The Morgan fingerprint density at radius 1 is 0.717 bits per heavy atom. The molecular weight excluding hydrogens is 601 g/mol. The van der Waals surface area contributed by atoms with Gasteiger partial charge in [0, 0.05) is 29.2 Å². The van der Waals surface area contributed by atoms with Crippen molar-refractivity contribution in [3.63, 3.8) is 0 Å². The summed E-state index contributed by atoms with van der Waals surface area (Å²) in [5.74, 6) is 0.700. The second kappa shape index (κ2) is 14.8. The second-order valence-electron chi connectivity index (χ2n) is 10.9. The number of allylic oxidation sites excluding steroid dienone is 6. The van der Waals surface area contributed by atoms with Crippen molar-refractivity contribution in [1.82, 2.24) is 4.98 Å². The molecule has 0 saturated heterocycles. The molecule has 46 heavy (non-hydrogen) atoms. The van der Waals surface area contributed by atoms with Gasteiger partial charge in [0.2, 0.25) is 0 Å². The fourth-order valence-electron chi connectivity index (χ4n) is 5.77. The van der Waals surface area contributed by atoms with Crippen molar-refractivity contribution < 1.29 is 0 Å². The van der Waals surface area contributed by atoms with Crippen molar-refractivity contribution in [1.29, 1.82) is 0 Å². The Morgan fingerprint density at radius 3 is 2.11 bits per heavy atom. The molecule has 0 amide bonds. The Hall–Kier alpha value is -5.04. The van der Waals surface area contributed by atoms with Crippen LogP contribution in [0.3, 0.4) is 0 Å². The lowest BCUT2D eigenvalue weighted by Crippen LogP contribution is -1.98. The molecule has 6 heteroatoms. The fraction of sp³-hybridized carbons (Fsp3) is 0.0750. The minimum absolute atomic E-state index is 0.673. The van der Waals surface area contributed by atoms with Gasteiger partial charge in [0.1, 0.15) is 5.01 Å². The van der Waals surface area contributed by atoms with Gasteiger partial charge in [0.05, 0.1) is 5.70 Å². The van der Waals surface area contributed by atoms with E-state index in [0.717, 1.165) is 23.5 Å². The first-order valence-corrected chi connectivity index (χ1v) is 17.1. The van der Waals surface area contributed by atoms with Gasteiger partial charge in [-0.25, -0.2) is 4.98 Å². The van der Waals surface area contributed by atoms with E-state index in [-0.39, 0.29) is 0 Å². The number of benzene rings is 5. The Bertz CT molecular complexity index is 2140. The van der Waals surface area contributed by atoms with Crippen LogP contribution in [0.2, 0.25) is 0 Å². The van der Waals surface area contributed by atoms with E-state index in [4.69, 9.17) is 17.2 Å². The van der Waals surface area contributed by atoms with Crippen LogP contribution in [-0.2, 0) is 12.8 Å². The summed E-state index contributed by atoms with van der Waals surface area (Å²) in [6.45, 7) is 0. The average Bonchev–Trinajstić information content (AvgIpc) is 3.64. The molecule has 6 rings (SSSR count). The number of nitrogens with two attached hydrogens (primary N) is 3. The van der Waals surface area contributed by atoms with Crippen molar-refractivity contribution in [2.24, 2.45) is 17.2 Å². The zero-order valence-electron chi connectivity index (χ0n) is 25.5. The summed E-state index contributed by atoms with van der Waals surface area (Å²) in [5.41, 5.74) is 24.4. The predicted molar refractivity (Wildman–Crippen MR) is 202 cm³/mol. The normalized spacial score (nSPS) is 13.0. The molecule has 1 heterocycles. The van der Waals surface area contributed by atoms with E-state index in [9.17, 15) is 0 Å². The van der Waals surface area contributed by atoms with E-state index in [1.54, 1.807) is 29.3 Å². The van der Waals surface area contributed by atoms with Crippen LogP contribution in [0.4, 0.5) is 0 Å². The summed E-state index contributed by atoms with van der Waals surface area (Å²) in [4.78, 5) is 4.32. The molecule has 0 radical (unpaired) electrons. The van der Waals surface area contributed by atoms with Crippen LogP contribution in [0.5, 0.6) is 0 Å². The van der Waals surface area contributed by atoms with Gasteiger partial charge in [-0.15, -0.1) is 23.1 Å². The van der Waals surface area contributed by atoms with Crippen LogP contribution < -0.4 is 17.2 Å². The van der Waals surface area contributed by atoms with Crippen molar-refractivity contribution in [2.75, 3.05) is 5.75 Å². The summed E-state index contributed by atoms with van der Waals surface area (Å²) in [7, 11) is 0. The Balaban J connectivity index is 1.43. The van der Waals surface area contributed by atoms with Gasteiger partial charge in [0.25, 0.3) is 0 Å². The number of hydrogen-bond acceptors (Lipinski definition) is 6. The minimum atomic E-state index is 0.673. The first kappa shape index (κ1) is 31.0. The number of thioether (sulfide) groups is 1. The van der Waals surface area contributed by atoms with Gasteiger partial charge in [-0.2, -0.15) is 0 Å². The molecule has 1 aromatic heterocycles. The fourth-order valence-corrected chi connectivity index (χ4v) is 6.84. The highest BCUT2D eigenvalue weighted by atomic mass is 32.2. The molecule has 6 aromatic rings. The first-order chi connectivity index (χ1) is 22.6. The lowest BCUT2D eigenvalue weighted by Gasteiger charge is -2.17. The summed E-state index contributed by atoms with van der Waals surface area (Å²) in [5, 5.41) is 12.1. The molecule has 0 fully saturated rings. The average molecular weight is 637 g/mol. The Kier molecular flexibility index (Phi) is 9.98. The molecule has 0 saturated carbocycles. The highest BCUT2D eigenvalue weighted by Gasteiger charge is 2.14. The summed E-state index contributed by atoms with van der Waals surface area (Å²) in [6.07, 6.45) is 17.3. The maximum Gasteiger partial charge on any atom is 0.139 e. The second-order valence-corrected chi connectivity index (χ2v) is 12.7. The van der Waals surface area contributed by atoms with E-state index < -0.39 is 0 Å². The molecule has 0 spiro atoms. The van der Waals surface area contributed by atoms with Gasteiger partial charge in [0.15, 0.2) is 0 Å².